The summed E-state index contributed by atoms with van der Waals surface area (Å²) >= 11 is 7.74. The Balaban J connectivity index is 1.91. The second kappa shape index (κ2) is 14.1. The summed E-state index contributed by atoms with van der Waals surface area (Å²) in [6.45, 7) is -1.25. The molecule has 3 N–H and O–H groups in total. The standard InChI is InChI=1S/C26H29ClN4O11S2/c1-39-12-42-22(36)19-14(11-41-25(28)38)21-20(35)15(29-16(32)10-27)6-3-7-17(33)31(18(34)9-13-5-4-8-43-13)26(40-2)23(37)30(19)24(26)44-21/h4-5,8,15,21,24H,3,6-7,9-12H2,1-2H3,(H2,28,38)(H,29,32)/t15?,21?,24-,26+/m0/s1. The average Bonchev–Trinajstić information content (AvgIpc) is 3.51. The number of amides is 5. The van der Waals surface area contributed by atoms with E-state index >= 15 is 0 Å². The molecule has 18 heteroatoms. The van der Waals surface area contributed by atoms with Gasteiger partial charge in [0.1, 0.15) is 23.6 Å². The number of β-lactam (4-membered cyclic amide) rings is 1. The summed E-state index contributed by atoms with van der Waals surface area (Å²) in [4.78, 5) is 95.3. The lowest BCUT2D eigenvalue weighted by Gasteiger charge is -2.59. The number of thiophene rings is 1. The van der Waals surface area contributed by atoms with Crippen molar-refractivity contribution >= 4 is 76.2 Å². The first-order valence-corrected chi connectivity index (χ1v) is 15.5. The molecule has 4 atom stereocenters. The molecule has 1 aromatic rings. The Bertz CT molecular complexity index is 1390. The Morgan fingerprint density at radius 1 is 1.18 bits per heavy atom. The Kier molecular flexibility index (Phi) is 10.7. The van der Waals surface area contributed by atoms with Gasteiger partial charge in [0.2, 0.25) is 17.7 Å². The molecule has 1 aromatic heterocycles. The molecule has 3 aliphatic heterocycles. The number of halogens is 1. The zero-order chi connectivity index (χ0) is 32.2. The summed E-state index contributed by atoms with van der Waals surface area (Å²) in [7, 11) is 2.38. The highest BCUT2D eigenvalue weighted by atomic mass is 35.5. The number of carbonyl (C=O) groups is 7. The number of alkyl halides is 1. The number of esters is 1. The van der Waals surface area contributed by atoms with Gasteiger partial charge in [0.25, 0.3) is 11.6 Å². The second-order valence-electron chi connectivity index (χ2n) is 9.69. The van der Waals surface area contributed by atoms with Crippen LogP contribution in [-0.4, -0.2) is 107 Å². The fraction of sp³-hybridized carbons (Fsp3) is 0.500. The molecule has 4 rings (SSSR count). The molecular weight excluding hydrogens is 644 g/mol. The second-order valence-corrected chi connectivity index (χ2v) is 12.2. The van der Waals surface area contributed by atoms with E-state index in [2.05, 4.69) is 5.32 Å². The van der Waals surface area contributed by atoms with Gasteiger partial charge < -0.3 is 30.0 Å². The molecule has 0 spiro atoms. The van der Waals surface area contributed by atoms with Crippen LogP contribution in [0.25, 0.3) is 0 Å². The number of thioether (sulfide) groups is 1. The highest BCUT2D eigenvalue weighted by Crippen LogP contribution is 2.53. The number of ether oxygens (including phenoxy) is 4. The fourth-order valence-corrected chi connectivity index (χ4v) is 7.69. The first-order chi connectivity index (χ1) is 21.0. The summed E-state index contributed by atoms with van der Waals surface area (Å²) in [6.07, 6.45) is -1.80. The summed E-state index contributed by atoms with van der Waals surface area (Å²) < 4.78 is 20.6. The van der Waals surface area contributed by atoms with Crippen LogP contribution >= 0.6 is 34.7 Å². The number of carbonyl (C=O) groups excluding carboxylic acids is 7. The van der Waals surface area contributed by atoms with Crippen molar-refractivity contribution in [3.05, 3.63) is 33.7 Å². The van der Waals surface area contributed by atoms with Crippen LogP contribution in [0.15, 0.2) is 28.8 Å². The predicted molar refractivity (Wildman–Crippen MR) is 154 cm³/mol. The number of rotatable bonds is 10. The molecule has 5 amide bonds. The number of methoxy groups -OCH3 is 2. The molecule has 238 valence electrons. The van der Waals surface area contributed by atoms with E-state index in [1.807, 2.05) is 0 Å². The third kappa shape index (κ3) is 6.19. The van der Waals surface area contributed by atoms with Crippen molar-refractivity contribution < 1.29 is 52.5 Å². The number of hydrogen-bond acceptors (Lipinski definition) is 13. The van der Waals surface area contributed by atoms with E-state index in [4.69, 9.17) is 36.3 Å². The molecule has 0 aromatic carbocycles. The van der Waals surface area contributed by atoms with Gasteiger partial charge >= 0.3 is 12.1 Å². The maximum absolute atomic E-state index is 14.1. The quantitative estimate of drug-likeness (QED) is 0.149. The van der Waals surface area contributed by atoms with E-state index in [0.717, 1.165) is 28.7 Å². The molecule has 2 saturated heterocycles. The van der Waals surface area contributed by atoms with E-state index in [-0.39, 0.29) is 31.3 Å². The highest BCUT2D eigenvalue weighted by Gasteiger charge is 2.72. The molecule has 3 aliphatic rings. The van der Waals surface area contributed by atoms with Crippen LogP contribution in [0.1, 0.15) is 24.1 Å². The number of nitrogens with two attached hydrogens (primary N) is 1. The first kappa shape index (κ1) is 33.4. The molecule has 0 aliphatic carbocycles. The van der Waals surface area contributed by atoms with Crippen LogP contribution in [-0.2, 0) is 54.1 Å². The van der Waals surface area contributed by atoms with Crippen molar-refractivity contribution in [3.63, 3.8) is 0 Å². The number of nitrogens with zero attached hydrogens (tertiary/aromatic N) is 2. The normalized spacial score (nSPS) is 25.2. The van der Waals surface area contributed by atoms with E-state index in [9.17, 15) is 33.6 Å². The number of ketones is 1. The average molecular weight is 673 g/mol. The van der Waals surface area contributed by atoms with Crippen molar-refractivity contribution in [2.24, 2.45) is 5.73 Å². The van der Waals surface area contributed by atoms with Crippen molar-refractivity contribution in [3.8, 4) is 0 Å². The number of Topliss-reactive ketones (excluding diaryl/α,β-unsaturated/α-hetero) is 1. The van der Waals surface area contributed by atoms with E-state index in [1.165, 1.54) is 18.4 Å². The number of primary amides is 1. The molecule has 2 unspecified atom stereocenters. The van der Waals surface area contributed by atoms with Crippen LogP contribution in [0, 0.1) is 0 Å². The van der Waals surface area contributed by atoms with Gasteiger partial charge in [-0.05, 0) is 24.3 Å². The molecule has 15 nitrogen and oxygen atoms in total. The van der Waals surface area contributed by atoms with E-state index in [1.54, 1.807) is 17.5 Å². The lowest BCUT2D eigenvalue weighted by Crippen LogP contribution is -2.82. The summed E-state index contributed by atoms with van der Waals surface area (Å²) in [5, 5.41) is 1.59. The third-order valence-electron chi connectivity index (χ3n) is 7.08. The smallest absolute Gasteiger partial charge is 0.404 e. The van der Waals surface area contributed by atoms with Crippen LogP contribution in [0.4, 0.5) is 4.79 Å². The molecule has 44 heavy (non-hydrogen) atoms. The Morgan fingerprint density at radius 2 is 1.93 bits per heavy atom. The van der Waals surface area contributed by atoms with Crippen molar-refractivity contribution in [1.29, 1.82) is 0 Å². The molecular formula is C26H29ClN4O11S2. The van der Waals surface area contributed by atoms with Gasteiger partial charge in [0.15, 0.2) is 12.6 Å². The molecule has 0 radical (unpaired) electrons. The number of nitrogens with one attached hydrogen (secondary N) is 1. The van der Waals surface area contributed by atoms with Gasteiger partial charge in [-0.25, -0.2) is 14.5 Å². The largest absolute Gasteiger partial charge is 0.445 e. The van der Waals surface area contributed by atoms with Crippen LogP contribution < -0.4 is 11.1 Å². The van der Waals surface area contributed by atoms with Crippen LogP contribution in [0.5, 0.6) is 0 Å². The summed E-state index contributed by atoms with van der Waals surface area (Å²) in [5.41, 5.74) is 2.28. The molecule has 4 heterocycles. The van der Waals surface area contributed by atoms with Gasteiger partial charge in [-0.2, -0.15) is 0 Å². The Morgan fingerprint density at radius 3 is 2.55 bits per heavy atom. The van der Waals surface area contributed by atoms with Crippen LogP contribution in [0.3, 0.4) is 0 Å². The van der Waals surface area contributed by atoms with Gasteiger partial charge in [-0.1, -0.05) is 6.07 Å². The molecule has 2 bridgehead atoms. The summed E-state index contributed by atoms with van der Waals surface area (Å²) in [6, 6.07) is 2.21. The van der Waals surface area contributed by atoms with Gasteiger partial charge in [0.05, 0.1) is 17.7 Å². The van der Waals surface area contributed by atoms with Crippen molar-refractivity contribution in [2.75, 3.05) is 33.5 Å². The van der Waals surface area contributed by atoms with E-state index in [0.29, 0.717) is 4.88 Å². The zero-order valence-corrected chi connectivity index (χ0v) is 26.0. The summed E-state index contributed by atoms with van der Waals surface area (Å²) in [5.74, 6) is -5.39. The van der Waals surface area contributed by atoms with Gasteiger partial charge in [-0.15, -0.1) is 34.7 Å². The number of fused-ring (bicyclic) bond motifs is 1. The highest BCUT2D eigenvalue weighted by molar-refractivity contribution is 8.01. The maximum Gasteiger partial charge on any atom is 0.404 e. The van der Waals surface area contributed by atoms with Crippen molar-refractivity contribution in [1.82, 2.24) is 15.1 Å². The molecule has 2 fully saturated rings. The fourth-order valence-electron chi connectivity index (χ4n) is 5.20. The predicted octanol–water partition coefficient (Wildman–Crippen LogP) is 0.245. The monoisotopic (exact) mass is 672 g/mol. The lowest BCUT2D eigenvalue weighted by molar-refractivity contribution is -0.223. The number of hydrogen-bond donors (Lipinski definition) is 2. The first-order valence-electron chi connectivity index (χ1n) is 13.1. The zero-order valence-electron chi connectivity index (χ0n) is 23.6. The Labute approximate surface area is 264 Å². The van der Waals surface area contributed by atoms with Crippen molar-refractivity contribution in [2.45, 2.75) is 48.1 Å². The molecule has 0 saturated carbocycles. The number of imide groups is 1. The van der Waals surface area contributed by atoms with Crippen LogP contribution in [0.2, 0.25) is 0 Å². The Hall–Kier alpha value is -3.51. The van der Waals surface area contributed by atoms with Gasteiger partial charge in [-0.3, -0.25) is 28.9 Å². The third-order valence-corrected chi connectivity index (χ3v) is 9.78. The maximum atomic E-state index is 14.1. The lowest BCUT2D eigenvalue weighted by atomic mass is 9.93. The van der Waals surface area contributed by atoms with Gasteiger partial charge in [0, 0.05) is 31.1 Å². The minimum absolute atomic E-state index is 0.0138. The topological polar surface area (TPSA) is 201 Å². The minimum Gasteiger partial charge on any atom is -0.445 e. The SMILES string of the molecule is COCOC(=O)C1=C(COC(N)=O)C2S[C@@H]3N1C(=O)[C@]3(OC)N(C(=O)Cc1cccs1)C(=O)CCCC(NC(=O)CCl)C2=O. The minimum atomic E-state index is -2.25. The van der Waals surface area contributed by atoms with E-state index < -0.39 is 88.8 Å².